The molecule has 0 fully saturated rings. The smallest absolute Gasteiger partial charge is 0.190 e. The van der Waals surface area contributed by atoms with Crippen LogP contribution in [0.15, 0.2) is 47.6 Å². The summed E-state index contributed by atoms with van der Waals surface area (Å²) in [6.45, 7) is 4.26. The third kappa shape index (κ3) is 7.01. The van der Waals surface area contributed by atoms with Gasteiger partial charge in [0, 0.05) is 26.3 Å². The van der Waals surface area contributed by atoms with Crippen molar-refractivity contribution in [1.29, 1.82) is 0 Å². The molecular formula is C19H25ClN4O. The first-order chi connectivity index (χ1) is 12.2. The fraction of sp³-hybridized carbons (Fsp3) is 0.368. The highest BCUT2D eigenvalue weighted by molar-refractivity contribution is 6.29. The predicted molar refractivity (Wildman–Crippen MR) is 104 cm³/mol. The highest BCUT2D eigenvalue weighted by atomic mass is 35.5. The fourth-order valence-corrected chi connectivity index (χ4v) is 2.49. The quantitative estimate of drug-likeness (QED) is 0.431. The molecule has 0 saturated carbocycles. The van der Waals surface area contributed by atoms with Gasteiger partial charge in [-0.1, -0.05) is 29.8 Å². The van der Waals surface area contributed by atoms with E-state index in [-0.39, 0.29) is 0 Å². The number of benzene rings is 1. The summed E-state index contributed by atoms with van der Waals surface area (Å²) in [6, 6.07) is 12.0. The summed E-state index contributed by atoms with van der Waals surface area (Å²) in [5, 5.41) is 7.15. The van der Waals surface area contributed by atoms with Crippen molar-refractivity contribution in [2.45, 2.75) is 19.8 Å². The SMILES string of the molecule is CCOc1cccc(CCNC(=NC)NCCc2ccc(Cl)nc2)c1. The minimum Gasteiger partial charge on any atom is -0.494 e. The zero-order valence-corrected chi connectivity index (χ0v) is 15.5. The molecule has 2 N–H and O–H groups in total. The summed E-state index contributed by atoms with van der Waals surface area (Å²) >= 11 is 5.79. The lowest BCUT2D eigenvalue weighted by Crippen LogP contribution is -2.39. The van der Waals surface area contributed by atoms with E-state index in [0.29, 0.717) is 11.8 Å². The molecule has 6 heteroatoms. The van der Waals surface area contributed by atoms with Crippen molar-refractivity contribution in [3.05, 3.63) is 58.9 Å². The van der Waals surface area contributed by atoms with Crippen LogP contribution in [0.2, 0.25) is 5.15 Å². The molecule has 0 amide bonds. The fourth-order valence-electron chi connectivity index (χ4n) is 2.38. The molecule has 0 bridgehead atoms. The van der Waals surface area contributed by atoms with Crippen LogP contribution in [0.3, 0.4) is 0 Å². The summed E-state index contributed by atoms with van der Waals surface area (Å²) in [5.74, 6) is 1.71. The summed E-state index contributed by atoms with van der Waals surface area (Å²) in [6.07, 6.45) is 3.57. The maximum atomic E-state index is 5.79. The maximum absolute atomic E-state index is 5.79. The average Bonchev–Trinajstić information content (AvgIpc) is 2.63. The lowest BCUT2D eigenvalue weighted by Gasteiger charge is -2.12. The first-order valence-corrected chi connectivity index (χ1v) is 8.85. The number of hydrogen-bond acceptors (Lipinski definition) is 3. The van der Waals surface area contributed by atoms with Crippen molar-refractivity contribution in [2.75, 3.05) is 26.7 Å². The van der Waals surface area contributed by atoms with Crippen LogP contribution in [0.25, 0.3) is 0 Å². The molecule has 5 nitrogen and oxygen atoms in total. The second-order valence-corrected chi connectivity index (χ2v) is 5.88. The van der Waals surface area contributed by atoms with Crippen molar-refractivity contribution >= 4 is 17.6 Å². The third-order valence-corrected chi connectivity index (χ3v) is 3.86. The van der Waals surface area contributed by atoms with Crippen molar-refractivity contribution < 1.29 is 4.74 Å². The molecule has 0 aliphatic heterocycles. The van der Waals surface area contributed by atoms with Crippen LogP contribution >= 0.6 is 11.6 Å². The topological polar surface area (TPSA) is 58.5 Å². The molecule has 0 unspecified atom stereocenters. The van der Waals surface area contributed by atoms with E-state index in [0.717, 1.165) is 43.2 Å². The van der Waals surface area contributed by atoms with Gasteiger partial charge in [-0.2, -0.15) is 0 Å². The predicted octanol–water partition coefficient (Wildman–Crippen LogP) is 3.08. The van der Waals surface area contributed by atoms with E-state index >= 15 is 0 Å². The van der Waals surface area contributed by atoms with E-state index in [2.05, 4.69) is 32.7 Å². The molecule has 2 rings (SSSR count). The van der Waals surface area contributed by atoms with E-state index in [1.807, 2.05) is 25.1 Å². The van der Waals surface area contributed by atoms with Crippen LogP contribution in [0.1, 0.15) is 18.1 Å². The van der Waals surface area contributed by atoms with Crippen LogP contribution in [0, 0.1) is 0 Å². The zero-order chi connectivity index (χ0) is 17.9. The number of pyridine rings is 1. The molecule has 25 heavy (non-hydrogen) atoms. The summed E-state index contributed by atoms with van der Waals surface area (Å²) in [4.78, 5) is 8.33. The third-order valence-electron chi connectivity index (χ3n) is 3.63. The molecule has 0 radical (unpaired) electrons. The highest BCUT2D eigenvalue weighted by Gasteiger charge is 2.00. The van der Waals surface area contributed by atoms with Gasteiger partial charge >= 0.3 is 0 Å². The van der Waals surface area contributed by atoms with Gasteiger partial charge in [0.15, 0.2) is 5.96 Å². The summed E-state index contributed by atoms with van der Waals surface area (Å²) < 4.78 is 5.53. The van der Waals surface area contributed by atoms with Crippen molar-refractivity contribution in [3.8, 4) is 5.75 Å². The highest BCUT2D eigenvalue weighted by Crippen LogP contribution is 2.13. The second-order valence-electron chi connectivity index (χ2n) is 5.50. The van der Waals surface area contributed by atoms with Crippen LogP contribution in [-0.2, 0) is 12.8 Å². The normalized spacial score (nSPS) is 11.2. The Morgan fingerprint density at radius 1 is 1.12 bits per heavy atom. The molecule has 0 spiro atoms. The Hall–Kier alpha value is -2.27. The molecule has 1 aromatic heterocycles. The largest absolute Gasteiger partial charge is 0.494 e. The Balaban J connectivity index is 1.71. The van der Waals surface area contributed by atoms with Gasteiger partial charge in [-0.25, -0.2) is 4.98 Å². The molecule has 1 aromatic carbocycles. The molecule has 0 aliphatic carbocycles. The molecule has 0 atom stereocenters. The first kappa shape index (κ1) is 19.1. The zero-order valence-electron chi connectivity index (χ0n) is 14.8. The Kier molecular flexibility index (Phi) is 8.05. The number of halogens is 1. The maximum Gasteiger partial charge on any atom is 0.190 e. The number of rotatable bonds is 8. The first-order valence-electron chi connectivity index (χ1n) is 8.48. The van der Waals surface area contributed by atoms with Gasteiger partial charge in [-0.05, 0) is 49.1 Å². The number of ether oxygens (including phenoxy) is 1. The van der Waals surface area contributed by atoms with Gasteiger partial charge in [-0.15, -0.1) is 0 Å². The molecule has 0 saturated heterocycles. The van der Waals surface area contributed by atoms with Gasteiger partial charge in [-0.3, -0.25) is 4.99 Å². The van der Waals surface area contributed by atoms with E-state index < -0.39 is 0 Å². The minimum atomic E-state index is 0.516. The number of hydrogen-bond donors (Lipinski definition) is 2. The van der Waals surface area contributed by atoms with Crippen molar-refractivity contribution in [2.24, 2.45) is 4.99 Å². The van der Waals surface area contributed by atoms with Gasteiger partial charge in [0.1, 0.15) is 10.9 Å². The van der Waals surface area contributed by atoms with E-state index in [9.17, 15) is 0 Å². The minimum absolute atomic E-state index is 0.516. The standard InChI is InChI=1S/C19H25ClN4O/c1-3-25-17-6-4-5-15(13-17)9-11-22-19(21-2)23-12-10-16-7-8-18(20)24-14-16/h4-8,13-14H,3,9-12H2,1-2H3,(H2,21,22,23). The number of guanidine groups is 1. The molecule has 1 heterocycles. The summed E-state index contributed by atoms with van der Waals surface area (Å²) in [7, 11) is 1.77. The molecule has 134 valence electrons. The molecule has 2 aromatic rings. The van der Waals surface area contributed by atoms with E-state index in [1.54, 1.807) is 19.3 Å². The van der Waals surface area contributed by atoms with Crippen LogP contribution in [0.5, 0.6) is 5.75 Å². The lowest BCUT2D eigenvalue weighted by atomic mass is 10.1. The van der Waals surface area contributed by atoms with Crippen molar-refractivity contribution in [1.82, 2.24) is 15.6 Å². The van der Waals surface area contributed by atoms with E-state index in [1.165, 1.54) is 5.56 Å². The van der Waals surface area contributed by atoms with Crippen LogP contribution in [-0.4, -0.2) is 37.7 Å². The lowest BCUT2D eigenvalue weighted by molar-refractivity contribution is 0.340. The van der Waals surface area contributed by atoms with Gasteiger partial charge in [0.2, 0.25) is 0 Å². The monoisotopic (exact) mass is 360 g/mol. The summed E-state index contributed by atoms with van der Waals surface area (Å²) in [5.41, 5.74) is 2.38. The van der Waals surface area contributed by atoms with Crippen LogP contribution in [0.4, 0.5) is 0 Å². The van der Waals surface area contributed by atoms with Crippen LogP contribution < -0.4 is 15.4 Å². The second kappa shape index (κ2) is 10.6. The van der Waals surface area contributed by atoms with E-state index in [4.69, 9.17) is 16.3 Å². The van der Waals surface area contributed by atoms with Crippen molar-refractivity contribution in [3.63, 3.8) is 0 Å². The number of nitrogens with zero attached hydrogens (tertiary/aromatic N) is 2. The Bertz CT molecular complexity index is 673. The van der Waals surface area contributed by atoms with Gasteiger partial charge in [0.05, 0.1) is 6.61 Å². The molecular weight excluding hydrogens is 336 g/mol. The Morgan fingerprint density at radius 2 is 1.88 bits per heavy atom. The average molecular weight is 361 g/mol. The van der Waals surface area contributed by atoms with Gasteiger partial charge in [0.25, 0.3) is 0 Å². The Labute approximate surface area is 154 Å². The molecule has 0 aliphatic rings. The number of aliphatic imine (C=N–C) groups is 1. The number of aromatic nitrogens is 1. The number of nitrogens with one attached hydrogen (secondary N) is 2. The Morgan fingerprint density at radius 3 is 2.52 bits per heavy atom. The van der Waals surface area contributed by atoms with Gasteiger partial charge < -0.3 is 15.4 Å².